The van der Waals surface area contributed by atoms with Crippen molar-refractivity contribution in [2.45, 2.75) is 65.3 Å². The van der Waals surface area contributed by atoms with Gasteiger partial charge < -0.3 is 18.8 Å². The molecule has 1 amide bonds. The number of esters is 1. The van der Waals surface area contributed by atoms with E-state index >= 15 is 0 Å². The molecule has 43 heavy (non-hydrogen) atoms. The van der Waals surface area contributed by atoms with Crippen LogP contribution in [0.15, 0.2) is 30.3 Å². The number of nitrogens with one attached hydrogen (secondary N) is 1. The number of hydrogen-bond donors (Lipinski definition) is 1. The van der Waals surface area contributed by atoms with Gasteiger partial charge in [0.1, 0.15) is 23.7 Å². The summed E-state index contributed by atoms with van der Waals surface area (Å²) in [6.45, 7) is 3.91. The van der Waals surface area contributed by atoms with E-state index in [4.69, 9.17) is 30.8 Å². The van der Waals surface area contributed by atoms with Crippen molar-refractivity contribution in [3.63, 3.8) is 0 Å². The fraction of sp³-hybridized carbons (Fsp3) is 0.424. The molecule has 1 aliphatic rings. The van der Waals surface area contributed by atoms with Gasteiger partial charge in [0.05, 0.1) is 37.6 Å². The van der Waals surface area contributed by atoms with Crippen molar-refractivity contribution in [2.75, 3.05) is 26.6 Å². The van der Waals surface area contributed by atoms with Crippen LogP contribution in [0.5, 0.6) is 11.5 Å². The second-order valence-electron chi connectivity index (χ2n) is 11.2. The van der Waals surface area contributed by atoms with Crippen molar-refractivity contribution in [1.29, 1.82) is 0 Å². The van der Waals surface area contributed by atoms with Crippen molar-refractivity contribution < 1.29 is 23.8 Å². The van der Waals surface area contributed by atoms with Crippen LogP contribution < -0.4 is 14.8 Å². The van der Waals surface area contributed by atoms with Gasteiger partial charge in [0, 0.05) is 21.9 Å². The van der Waals surface area contributed by atoms with Crippen LogP contribution in [0.3, 0.4) is 0 Å². The number of amides is 1. The number of rotatable bonds is 10. The number of carbonyl (C=O) groups excluding carboxylic acids is 2. The molecule has 0 saturated heterocycles. The lowest BCUT2D eigenvalue weighted by molar-refractivity contribution is -0.141. The number of nitrogens with zero attached hydrogens (tertiary/aromatic N) is 2. The minimum Gasteiger partial charge on any atom is -0.496 e. The third-order valence-corrected chi connectivity index (χ3v) is 9.55. The van der Waals surface area contributed by atoms with Crippen molar-refractivity contribution >= 4 is 50.8 Å². The van der Waals surface area contributed by atoms with E-state index in [0.29, 0.717) is 33.3 Å². The average molecular weight is 624 g/mol. The van der Waals surface area contributed by atoms with Crippen LogP contribution >= 0.6 is 22.9 Å². The predicted molar refractivity (Wildman–Crippen MR) is 172 cm³/mol. The zero-order valence-electron chi connectivity index (χ0n) is 25.3. The number of anilines is 1. The highest BCUT2D eigenvalue weighted by Crippen LogP contribution is 2.43. The molecule has 10 heteroatoms. The molecule has 228 valence electrons. The van der Waals surface area contributed by atoms with E-state index in [1.165, 1.54) is 50.6 Å². The Morgan fingerprint density at radius 2 is 1.77 bits per heavy atom. The van der Waals surface area contributed by atoms with Gasteiger partial charge in [-0.1, -0.05) is 55.3 Å². The second-order valence-corrected chi connectivity index (χ2v) is 12.7. The number of ether oxygens (including phenoxy) is 3. The Bertz CT molecular complexity index is 1650. The summed E-state index contributed by atoms with van der Waals surface area (Å²) in [6.07, 6.45) is 8.26. The zero-order chi connectivity index (χ0) is 30.7. The number of hydrogen-bond acceptors (Lipinski definition) is 7. The number of methoxy groups -OCH3 is 3. The molecule has 2 aromatic heterocycles. The maximum Gasteiger partial charge on any atom is 0.325 e. The summed E-state index contributed by atoms with van der Waals surface area (Å²) in [5.74, 6) is 1.00. The molecule has 2 aromatic carbocycles. The molecule has 0 spiro atoms. The number of aryl methyl sites for hydroxylation is 3. The first-order chi connectivity index (χ1) is 20.7. The van der Waals surface area contributed by atoms with Gasteiger partial charge in [0.25, 0.3) is 5.91 Å². The minimum absolute atomic E-state index is 0.0792. The van der Waals surface area contributed by atoms with Gasteiger partial charge in [-0.3, -0.25) is 14.9 Å². The molecule has 1 fully saturated rings. The zero-order valence-corrected chi connectivity index (χ0v) is 26.9. The van der Waals surface area contributed by atoms with Gasteiger partial charge in [-0.25, -0.2) is 4.98 Å². The normalized spacial score (nSPS) is 13.7. The summed E-state index contributed by atoms with van der Waals surface area (Å²) in [4.78, 5) is 32.2. The smallest absolute Gasteiger partial charge is 0.325 e. The Hall–Kier alpha value is -3.56. The van der Waals surface area contributed by atoms with E-state index in [2.05, 4.69) is 5.32 Å². The number of aromatic nitrogens is 2. The van der Waals surface area contributed by atoms with Gasteiger partial charge in [-0.15, -0.1) is 11.3 Å². The molecular formula is C33H38ClN3O5S. The number of thiazole rings is 1. The topological polar surface area (TPSA) is 91.7 Å². The first kappa shape index (κ1) is 30.9. The van der Waals surface area contributed by atoms with E-state index in [1.54, 1.807) is 24.9 Å². The first-order valence-corrected chi connectivity index (χ1v) is 15.8. The van der Waals surface area contributed by atoms with Crippen molar-refractivity contribution in [3.05, 3.63) is 57.1 Å². The summed E-state index contributed by atoms with van der Waals surface area (Å²) in [5.41, 5.74) is 4.73. The van der Waals surface area contributed by atoms with Crippen LogP contribution in [-0.4, -0.2) is 42.8 Å². The Balaban J connectivity index is 1.53. The average Bonchev–Trinajstić information content (AvgIpc) is 3.57. The van der Waals surface area contributed by atoms with Crippen molar-refractivity contribution in [1.82, 2.24) is 9.55 Å². The Kier molecular flexibility index (Phi) is 9.62. The van der Waals surface area contributed by atoms with E-state index in [1.807, 2.05) is 38.1 Å². The largest absolute Gasteiger partial charge is 0.496 e. The fourth-order valence-corrected chi connectivity index (χ4v) is 7.38. The standard InChI is InChI=1S/C33H38ClN3O5S/c1-19-13-20(2)31-22(14-19)15-25(37(31)18-29(38)42-5)32(39)36-33-35-30(23-16-27(41-4)24(34)17-26(23)40-3)28(43-33)12-11-21-9-7-6-8-10-21/h13-17,21H,6-12,18H2,1-5H3,(H,35,36,39). The fourth-order valence-electron chi connectivity index (χ4n) is 6.17. The molecule has 1 N–H and O–H groups in total. The van der Waals surface area contributed by atoms with E-state index in [0.717, 1.165) is 51.0 Å². The van der Waals surface area contributed by atoms with Gasteiger partial charge in [-0.2, -0.15) is 0 Å². The lowest BCUT2D eigenvalue weighted by Gasteiger charge is -2.21. The number of fused-ring (bicyclic) bond motifs is 1. The summed E-state index contributed by atoms with van der Waals surface area (Å²) >= 11 is 7.88. The molecule has 0 radical (unpaired) electrons. The van der Waals surface area contributed by atoms with Gasteiger partial charge in [0.15, 0.2) is 5.13 Å². The molecular weight excluding hydrogens is 586 g/mol. The van der Waals surface area contributed by atoms with Gasteiger partial charge in [-0.05, 0) is 56.4 Å². The Labute approximate surface area is 261 Å². The van der Waals surface area contributed by atoms with Crippen LogP contribution in [-0.2, 0) is 22.5 Å². The highest BCUT2D eigenvalue weighted by molar-refractivity contribution is 7.16. The molecule has 2 heterocycles. The summed E-state index contributed by atoms with van der Waals surface area (Å²) in [5, 5.41) is 4.83. The molecule has 8 nitrogen and oxygen atoms in total. The van der Waals surface area contributed by atoms with Crippen LogP contribution in [0.2, 0.25) is 5.02 Å². The summed E-state index contributed by atoms with van der Waals surface area (Å²) < 4.78 is 17.9. The maximum absolute atomic E-state index is 13.8. The highest BCUT2D eigenvalue weighted by Gasteiger charge is 2.24. The van der Waals surface area contributed by atoms with Crippen molar-refractivity contribution in [2.24, 2.45) is 5.92 Å². The minimum atomic E-state index is -0.433. The van der Waals surface area contributed by atoms with Crippen molar-refractivity contribution in [3.8, 4) is 22.8 Å². The summed E-state index contributed by atoms with van der Waals surface area (Å²) in [7, 11) is 4.52. The number of benzene rings is 2. The molecule has 1 saturated carbocycles. The van der Waals surface area contributed by atoms with Gasteiger partial charge in [0.2, 0.25) is 0 Å². The number of halogens is 1. The molecule has 4 aromatic rings. The lowest BCUT2D eigenvalue weighted by atomic mass is 9.86. The molecule has 5 rings (SSSR count). The van der Waals surface area contributed by atoms with E-state index in [-0.39, 0.29) is 12.5 Å². The van der Waals surface area contributed by atoms with Crippen LogP contribution in [0.25, 0.3) is 22.2 Å². The van der Waals surface area contributed by atoms with Crippen LogP contribution in [0, 0.1) is 19.8 Å². The van der Waals surface area contributed by atoms with Crippen LogP contribution in [0.4, 0.5) is 5.13 Å². The van der Waals surface area contributed by atoms with E-state index < -0.39 is 5.97 Å². The first-order valence-electron chi connectivity index (χ1n) is 14.6. The lowest BCUT2D eigenvalue weighted by Crippen LogP contribution is -2.20. The molecule has 0 atom stereocenters. The van der Waals surface area contributed by atoms with E-state index in [9.17, 15) is 9.59 Å². The quantitative estimate of drug-likeness (QED) is 0.180. The second kappa shape index (κ2) is 13.4. The Morgan fingerprint density at radius 3 is 2.47 bits per heavy atom. The number of carbonyl (C=O) groups is 2. The third-order valence-electron chi connectivity index (χ3n) is 8.23. The Morgan fingerprint density at radius 1 is 1.02 bits per heavy atom. The maximum atomic E-state index is 13.8. The van der Waals surface area contributed by atoms with Crippen LogP contribution in [0.1, 0.15) is 65.0 Å². The predicted octanol–water partition coefficient (Wildman–Crippen LogP) is 7.99. The molecule has 0 bridgehead atoms. The third kappa shape index (κ3) is 6.68. The SMILES string of the molecule is COC(=O)Cn1c(C(=O)Nc2nc(-c3cc(OC)c(Cl)cc3OC)c(CCC3CCCCC3)s2)cc2cc(C)cc(C)c21. The molecule has 1 aliphatic carbocycles. The summed E-state index contributed by atoms with van der Waals surface area (Å²) in [6, 6.07) is 9.44. The highest BCUT2D eigenvalue weighted by atomic mass is 35.5. The molecule has 0 unspecified atom stereocenters. The monoisotopic (exact) mass is 623 g/mol. The van der Waals surface area contributed by atoms with Gasteiger partial charge >= 0.3 is 5.97 Å². The molecule has 0 aliphatic heterocycles.